The number of aromatic nitrogens is 2. The summed E-state index contributed by atoms with van der Waals surface area (Å²) in [6.07, 6.45) is -3.31. The minimum absolute atomic E-state index is 0.0901. The standard InChI is InChI=1S/C17H16ClF3N4O3/c1-24-13(26)8-28-15(14(24)10-2-4-11(18)5-3-10)16(27)23-12-6-22-25(7-12)9-17(19,20)21/h2-7,14-15H,8-9H2,1H3,(H,23,27). The molecule has 0 radical (unpaired) electrons. The molecule has 0 aliphatic carbocycles. The fraction of sp³-hybridized carbons (Fsp3) is 0.353. The highest BCUT2D eigenvalue weighted by Gasteiger charge is 2.40. The van der Waals surface area contributed by atoms with E-state index in [0.29, 0.717) is 15.3 Å². The highest BCUT2D eigenvalue weighted by atomic mass is 35.5. The second-order valence-corrected chi connectivity index (χ2v) is 6.70. The lowest BCUT2D eigenvalue weighted by atomic mass is 9.97. The summed E-state index contributed by atoms with van der Waals surface area (Å²) in [6.45, 7) is -1.56. The molecule has 3 rings (SSSR count). The van der Waals surface area contributed by atoms with E-state index in [-0.39, 0.29) is 18.2 Å². The minimum Gasteiger partial charge on any atom is -0.356 e. The molecule has 1 aromatic heterocycles. The van der Waals surface area contributed by atoms with Gasteiger partial charge < -0.3 is 15.0 Å². The van der Waals surface area contributed by atoms with Gasteiger partial charge in [0, 0.05) is 18.3 Å². The fourth-order valence-electron chi connectivity index (χ4n) is 2.90. The van der Waals surface area contributed by atoms with E-state index in [0.717, 1.165) is 12.4 Å². The molecule has 1 fully saturated rings. The van der Waals surface area contributed by atoms with Gasteiger partial charge in [-0.3, -0.25) is 14.3 Å². The summed E-state index contributed by atoms with van der Waals surface area (Å²) in [5, 5.41) is 6.55. The molecule has 11 heteroatoms. The van der Waals surface area contributed by atoms with Gasteiger partial charge in [0.15, 0.2) is 6.10 Å². The van der Waals surface area contributed by atoms with Crippen molar-refractivity contribution in [2.24, 2.45) is 0 Å². The van der Waals surface area contributed by atoms with Crippen LogP contribution in [0, 0.1) is 0 Å². The van der Waals surface area contributed by atoms with E-state index in [1.165, 1.54) is 4.90 Å². The molecule has 2 amide bonds. The molecule has 28 heavy (non-hydrogen) atoms. The van der Waals surface area contributed by atoms with Crippen molar-refractivity contribution in [3.63, 3.8) is 0 Å². The normalized spacial score (nSPS) is 20.3. The Balaban J connectivity index is 1.78. The van der Waals surface area contributed by atoms with Crippen molar-refractivity contribution in [3.8, 4) is 0 Å². The van der Waals surface area contributed by atoms with Crippen LogP contribution >= 0.6 is 11.6 Å². The molecular weight excluding hydrogens is 401 g/mol. The van der Waals surface area contributed by atoms with Crippen molar-refractivity contribution < 1.29 is 27.5 Å². The van der Waals surface area contributed by atoms with E-state index < -0.39 is 30.8 Å². The van der Waals surface area contributed by atoms with Crippen LogP contribution in [0.5, 0.6) is 0 Å². The third kappa shape index (κ3) is 4.63. The smallest absolute Gasteiger partial charge is 0.356 e. The molecule has 0 bridgehead atoms. The van der Waals surface area contributed by atoms with Gasteiger partial charge in [0.1, 0.15) is 13.2 Å². The number of ether oxygens (including phenoxy) is 1. The second-order valence-electron chi connectivity index (χ2n) is 6.26. The van der Waals surface area contributed by atoms with Crippen molar-refractivity contribution in [2.45, 2.75) is 24.9 Å². The maximum Gasteiger partial charge on any atom is 0.408 e. The Morgan fingerprint density at radius 3 is 2.68 bits per heavy atom. The van der Waals surface area contributed by atoms with Gasteiger partial charge in [-0.1, -0.05) is 23.7 Å². The number of hydrogen-bond donors (Lipinski definition) is 1. The summed E-state index contributed by atoms with van der Waals surface area (Å²) in [5.74, 6) is -0.909. The molecule has 1 saturated heterocycles. The van der Waals surface area contributed by atoms with E-state index in [2.05, 4.69) is 10.4 Å². The molecule has 2 aromatic rings. The zero-order chi connectivity index (χ0) is 20.5. The topological polar surface area (TPSA) is 76.5 Å². The number of likely N-dealkylation sites (N-methyl/N-ethyl adjacent to an activating group) is 1. The third-order valence-corrected chi connectivity index (χ3v) is 4.45. The summed E-state index contributed by atoms with van der Waals surface area (Å²) in [6, 6.07) is 5.88. The number of carbonyl (C=O) groups excluding carboxylic acids is 2. The fourth-order valence-corrected chi connectivity index (χ4v) is 3.03. The predicted molar refractivity (Wildman–Crippen MR) is 93.6 cm³/mol. The number of amides is 2. The van der Waals surface area contributed by atoms with Crippen molar-refractivity contribution in [1.29, 1.82) is 0 Å². The number of halogens is 4. The van der Waals surface area contributed by atoms with Crippen LogP contribution < -0.4 is 5.32 Å². The average molecular weight is 417 g/mol. The largest absolute Gasteiger partial charge is 0.408 e. The minimum atomic E-state index is -4.43. The molecule has 0 spiro atoms. The number of nitrogens with zero attached hydrogens (tertiary/aromatic N) is 3. The molecule has 1 N–H and O–H groups in total. The monoisotopic (exact) mass is 416 g/mol. The third-order valence-electron chi connectivity index (χ3n) is 4.20. The number of nitrogens with one attached hydrogen (secondary N) is 1. The van der Waals surface area contributed by atoms with Gasteiger partial charge in [-0.25, -0.2) is 0 Å². The lowest BCUT2D eigenvalue weighted by Gasteiger charge is -2.38. The van der Waals surface area contributed by atoms with Crippen molar-refractivity contribution in [1.82, 2.24) is 14.7 Å². The van der Waals surface area contributed by atoms with Crippen LogP contribution in [0.25, 0.3) is 0 Å². The first-order valence-corrected chi connectivity index (χ1v) is 8.54. The lowest BCUT2D eigenvalue weighted by Crippen LogP contribution is -2.51. The van der Waals surface area contributed by atoms with Crippen LogP contribution in [0.4, 0.5) is 18.9 Å². The zero-order valence-electron chi connectivity index (χ0n) is 14.6. The van der Waals surface area contributed by atoms with Gasteiger partial charge in [-0.2, -0.15) is 18.3 Å². The molecule has 7 nitrogen and oxygen atoms in total. The number of carbonyl (C=O) groups is 2. The number of hydrogen-bond acceptors (Lipinski definition) is 4. The Hall–Kier alpha value is -2.59. The first-order chi connectivity index (χ1) is 13.1. The summed E-state index contributed by atoms with van der Waals surface area (Å²) < 4.78 is 43.4. The molecular formula is C17H16ClF3N4O3. The first-order valence-electron chi connectivity index (χ1n) is 8.17. The Bertz CT molecular complexity index is 869. The number of benzene rings is 1. The van der Waals surface area contributed by atoms with Crippen LogP contribution in [0.15, 0.2) is 36.7 Å². The van der Waals surface area contributed by atoms with Crippen molar-refractivity contribution in [2.75, 3.05) is 19.0 Å². The van der Waals surface area contributed by atoms with Gasteiger partial charge in [0.25, 0.3) is 5.91 Å². The molecule has 150 valence electrons. The van der Waals surface area contributed by atoms with E-state index in [9.17, 15) is 22.8 Å². The van der Waals surface area contributed by atoms with E-state index in [1.807, 2.05) is 0 Å². The maximum atomic E-state index is 12.7. The Morgan fingerprint density at radius 2 is 2.04 bits per heavy atom. The maximum absolute atomic E-state index is 12.7. The average Bonchev–Trinajstić information content (AvgIpc) is 3.03. The summed E-state index contributed by atoms with van der Waals surface area (Å²) >= 11 is 5.89. The van der Waals surface area contributed by atoms with Gasteiger partial charge in [0.05, 0.1) is 17.9 Å². The van der Waals surface area contributed by atoms with Crippen LogP contribution in [0.1, 0.15) is 11.6 Å². The Morgan fingerprint density at radius 1 is 1.36 bits per heavy atom. The number of morpholine rings is 1. The van der Waals surface area contributed by atoms with Gasteiger partial charge in [0.2, 0.25) is 5.91 Å². The lowest BCUT2D eigenvalue weighted by molar-refractivity contribution is -0.160. The molecule has 2 heterocycles. The quantitative estimate of drug-likeness (QED) is 0.831. The van der Waals surface area contributed by atoms with Gasteiger partial charge in [-0.05, 0) is 17.7 Å². The Labute approximate surface area is 163 Å². The number of alkyl halides is 3. The van der Waals surface area contributed by atoms with Gasteiger partial charge in [-0.15, -0.1) is 0 Å². The molecule has 1 aliphatic rings. The molecule has 0 saturated carbocycles. The summed E-state index contributed by atoms with van der Waals surface area (Å²) in [4.78, 5) is 26.1. The van der Waals surface area contributed by atoms with Crippen molar-refractivity contribution in [3.05, 3.63) is 47.2 Å². The van der Waals surface area contributed by atoms with E-state index in [1.54, 1.807) is 31.3 Å². The van der Waals surface area contributed by atoms with Crippen LogP contribution in [0.2, 0.25) is 5.02 Å². The molecule has 2 atom stereocenters. The predicted octanol–water partition coefficient (Wildman–Crippen LogP) is 2.64. The first kappa shape index (κ1) is 20.2. The molecule has 1 aliphatic heterocycles. The number of anilines is 1. The number of rotatable bonds is 4. The second kappa shape index (κ2) is 7.80. The SMILES string of the molecule is CN1C(=O)COC(C(=O)Nc2cnn(CC(F)(F)F)c2)C1c1ccc(Cl)cc1. The summed E-state index contributed by atoms with van der Waals surface area (Å²) in [7, 11) is 1.55. The summed E-state index contributed by atoms with van der Waals surface area (Å²) in [5.41, 5.74) is 0.722. The van der Waals surface area contributed by atoms with E-state index >= 15 is 0 Å². The van der Waals surface area contributed by atoms with Crippen molar-refractivity contribution >= 4 is 29.1 Å². The van der Waals surface area contributed by atoms with Crippen LogP contribution in [0.3, 0.4) is 0 Å². The Kier molecular flexibility index (Phi) is 5.61. The highest BCUT2D eigenvalue weighted by molar-refractivity contribution is 6.30. The van der Waals surface area contributed by atoms with Gasteiger partial charge >= 0.3 is 6.18 Å². The van der Waals surface area contributed by atoms with Crippen LogP contribution in [-0.2, 0) is 20.9 Å². The van der Waals surface area contributed by atoms with E-state index in [4.69, 9.17) is 16.3 Å². The van der Waals surface area contributed by atoms with Crippen LogP contribution in [-0.4, -0.2) is 52.4 Å². The molecule has 1 aromatic carbocycles. The molecule has 2 unspecified atom stereocenters. The highest BCUT2D eigenvalue weighted by Crippen LogP contribution is 2.30. The zero-order valence-corrected chi connectivity index (χ0v) is 15.4.